The van der Waals surface area contributed by atoms with Gasteiger partial charge in [0.1, 0.15) is 12.1 Å². The summed E-state index contributed by atoms with van der Waals surface area (Å²) < 4.78 is 15.5. The summed E-state index contributed by atoms with van der Waals surface area (Å²) in [6.07, 6.45) is 5.91. The molecule has 23 heavy (non-hydrogen) atoms. The number of nitrogens with one attached hydrogen (secondary N) is 1. The molecule has 0 bridgehead atoms. The summed E-state index contributed by atoms with van der Waals surface area (Å²) in [5.74, 6) is -0.359. The van der Waals surface area contributed by atoms with E-state index in [0.29, 0.717) is 10.8 Å². The van der Waals surface area contributed by atoms with Gasteiger partial charge in [0.15, 0.2) is 5.16 Å². The molecule has 0 radical (unpaired) electrons. The fraction of sp³-hybridized carbons (Fsp3) is 0.438. The molecule has 1 saturated carbocycles. The van der Waals surface area contributed by atoms with Crippen molar-refractivity contribution in [1.29, 1.82) is 0 Å². The average Bonchev–Trinajstić information content (AvgIpc) is 3.19. The zero-order valence-corrected chi connectivity index (χ0v) is 13.7. The van der Waals surface area contributed by atoms with Gasteiger partial charge in [-0.15, -0.1) is 10.2 Å². The Balaban J connectivity index is 1.70. The number of thioether (sulfide) groups is 1. The molecule has 1 N–H and O–H groups in total. The second-order valence-corrected chi connectivity index (χ2v) is 6.99. The summed E-state index contributed by atoms with van der Waals surface area (Å²) in [4.78, 5) is 12.3. The second kappa shape index (κ2) is 7.12. The standard InChI is InChI=1S/C16H19FN4OS/c1-11(15(22)19-12-6-2-3-7-12)23-16-20-18-10-21(16)14-9-5-4-8-13(14)17/h4-5,8-12H,2-3,6-7H2,1H3,(H,19,22). The van der Waals surface area contributed by atoms with Crippen molar-refractivity contribution in [3.63, 3.8) is 0 Å². The van der Waals surface area contributed by atoms with E-state index in [4.69, 9.17) is 0 Å². The van der Waals surface area contributed by atoms with E-state index in [0.717, 1.165) is 12.8 Å². The van der Waals surface area contributed by atoms with Crippen LogP contribution in [0.3, 0.4) is 0 Å². The van der Waals surface area contributed by atoms with Crippen LogP contribution in [0.4, 0.5) is 4.39 Å². The first kappa shape index (κ1) is 16.0. The molecule has 1 heterocycles. The van der Waals surface area contributed by atoms with E-state index in [-0.39, 0.29) is 23.0 Å². The Hall–Kier alpha value is -1.89. The van der Waals surface area contributed by atoms with Crippen LogP contribution in [0, 0.1) is 5.82 Å². The predicted octanol–water partition coefficient (Wildman–Crippen LogP) is 2.95. The fourth-order valence-electron chi connectivity index (χ4n) is 2.72. The Kier molecular flexibility index (Phi) is 4.95. The van der Waals surface area contributed by atoms with Crippen LogP contribution in [0.1, 0.15) is 32.6 Å². The van der Waals surface area contributed by atoms with Crippen LogP contribution in [-0.4, -0.2) is 32.0 Å². The van der Waals surface area contributed by atoms with Crippen LogP contribution in [0.5, 0.6) is 0 Å². The molecule has 0 saturated heterocycles. The van der Waals surface area contributed by atoms with Crippen molar-refractivity contribution in [3.8, 4) is 5.69 Å². The Morgan fingerprint density at radius 2 is 2.13 bits per heavy atom. The quantitative estimate of drug-likeness (QED) is 0.854. The Morgan fingerprint density at radius 3 is 2.87 bits per heavy atom. The highest BCUT2D eigenvalue weighted by Crippen LogP contribution is 2.26. The van der Waals surface area contributed by atoms with Crippen molar-refractivity contribution in [2.24, 2.45) is 0 Å². The van der Waals surface area contributed by atoms with Gasteiger partial charge >= 0.3 is 0 Å². The van der Waals surface area contributed by atoms with Gasteiger partial charge in [-0.1, -0.05) is 36.7 Å². The van der Waals surface area contributed by atoms with E-state index in [9.17, 15) is 9.18 Å². The molecule has 1 aromatic carbocycles. The molecule has 1 atom stereocenters. The molecule has 1 aromatic heterocycles. The van der Waals surface area contributed by atoms with Gasteiger partial charge in [-0.25, -0.2) is 4.39 Å². The maximum Gasteiger partial charge on any atom is 0.233 e. The van der Waals surface area contributed by atoms with Crippen LogP contribution in [0.2, 0.25) is 0 Å². The molecule has 122 valence electrons. The minimum atomic E-state index is -0.350. The molecule has 1 aliphatic carbocycles. The number of benzene rings is 1. The molecule has 1 aliphatic rings. The first-order valence-electron chi connectivity index (χ1n) is 7.77. The summed E-state index contributed by atoms with van der Waals surface area (Å²) in [6.45, 7) is 1.83. The Bertz CT molecular complexity index is 684. The Morgan fingerprint density at radius 1 is 1.39 bits per heavy atom. The van der Waals surface area contributed by atoms with Crippen LogP contribution in [0.25, 0.3) is 5.69 Å². The van der Waals surface area contributed by atoms with E-state index in [2.05, 4.69) is 15.5 Å². The second-order valence-electron chi connectivity index (χ2n) is 5.68. The largest absolute Gasteiger partial charge is 0.352 e. The van der Waals surface area contributed by atoms with Gasteiger partial charge in [0, 0.05) is 6.04 Å². The molecule has 1 unspecified atom stereocenters. The summed E-state index contributed by atoms with van der Waals surface area (Å²) >= 11 is 1.28. The van der Waals surface area contributed by atoms with Gasteiger partial charge in [-0.05, 0) is 31.9 Å². The van der Waals surface area contributed by atoms with Gasteiger partial charge in [-0.2, -0.15) is 0 Å². The lowest BCUT2D eigenvalue weighted by Gasteiger charge is -2.16. The minimum absolute atomic E-state index is 0.00927. The lowest BCUT2D eigenvalue weighted by molar-refractivity contribution is -0.120. The van der Waals surface area contributed by atoms with E-state index in [1.807, 2.05) is 6.92 Å². The zero-order chi connectivity index (χ0) is 16.2. The highest BCUT2D eigenvalue weighted by molar-refractivity contribution is 8.00. The van der Waals surface area contributed by atoms with Crippen molar-refractivity contribution in [3.05, 3.63) is 36.4 Å². The number of rotatable bonds is 5. The highest BCUT2D eigenvalue weighted by Gasteiger charge is 2.23. The van der Waals surface area contributed by atoms with Crippen molar-refractivity contribution in [1.82, 2.24) is 20.1 Å². The number of hydrogen-bond acceptors (Lipinski definition) is 4. The molecule has 0 aliphatic heterocycles. The van der Waals surface area contributed by atoms with Gasteiger partial charge in [0.25, 0.3) is 0 Å². The number of amides is 1. The van der Waals surface area contributed by atoms with Crippen molar-refractivity contribution < 1.29 is 9.18 Å². The number of nitrogens with zero attached hydrogens (tertiary/aromatic N) is 3. The number of aromatic nitrogens is 3. The third kappa shape index (κ3) is 3.72. The molecule has 1 fully saturated rings. The monoisotopic (exact) mass is 334 g/mol. The minimum Gasteiger partial charge on any atom is -0.352 e. The fourth-order valence-corrected chi connectivity index (χ4v) is 3.56. The smallest absolute Gasteiger partial charge is 0.233 e. The predicted molar refractivity (Wildman–Crippen MR) is 87.0 cm³/mol. The van der Waals surface area contributed by atoms with Crippen LogP contribution < -0.4 is 5.32 Å². The summed E-state index contributed by atoms with van der Waals surface area (Å²) in [7, 11) is 0. The number of halogens is 1. The van der Waals surface area contributed by atoms with E-state index < -0.39 is 0 Å². The average molecular weight is 334 g/mol. The van der Waals surface area contributed by atoms with Gasteiger partial charge in [-0.3, -0.25) is 9.36 Å². The van der Waals surface area contributed by atoms with Crippen LogP contribution in [-0.2, 0) is 4.79 Å². The highest BCUT2D eigenvalue weighted by atomic mass is 32.2. The molecule has 2 aromatic rings. The van der Waals surface area contributed by atoms with E-state index in [1.165, 1.54) is 37.0 Å². The molecular formula is C16H19FN4OS. The van der Waals surface area contributed by atoms with Gasteiger partial charge in [0.2, 0.25) is 5.91 Å². The van der Waals surface area contributed by atoms with Gasteiger partial charge in [0.05, 0.1) is 10.9 Å². The first-order chi connectivity index (χ1) is 11.1. The molecule has 7 heteroatoms. The summed E-state index contributed by atoms with van der Waals surface area (Å²) in [6, 6.07) is 6.72. The molecule has 1 amide bonds. The third-order valence-electron chi connectivity index (χ3n) is 3.98. The first-order valence-corrected chi connectivity index (χ1v) is 8.65. The van der Waals surface area contributed by atoms with Crippen LogP contribution in [0.15, 0.2) is 35.7 Å². The number of hydrogen-bond donors (Lipinski definition) is 1. The number of para-hydroxylation sites is 1. The topological polar surface area (TPSA) is 59.8 Å². The van der Waals surface area contributed by atoms with Crippen molar-refractivity contribution in [2.45, 2.75) is 49.1 Å². The molecule has 0 spiro atoms. The molecular weight excluding hydrogens is 315 g/mol. The van der Waals surface area contributed by atoms with Crippen molar-refractivity contribution >= 4 is 17.7 Å². The normalized spacial score (nSPS) is 16.4. The van der Waals surface area contributed by atoms with Gasteiger partial charge < -0.3 is 5.32 Å². The molecule has 3 rings (SSSR count). The molecule has 5 nitrogen and oxygen atoms in total. The van der Waals surface area contributed by atoms with Crippen LogP contribution >= 0.6 is 11.8 Å². The maximum atomic E-state index is 13.9. The summed E-state index contributed by atoms with van der Waals surface area (Å²) in [5, 5.41) is 11.1. The number of carbonyl (C=O) groups excluding carboxylic acids is 1. The van der Waals surface area contributed by atoms with Crippen molar-refractivity contribution in [2.75, 3.05) is 0 Å². The van der Waals surface area contributed by atoms with E-state index in [1.54, 1.807) is 22.8 Å². The van der Waals surface area contributed by atoms with E-state index >= 15 is 0 Å². The Labute approximate surface area is 138 Å². The number of carbonyl (C=O) groups is 1. The zero-order valence-electron chi connectivity index (χ0n) is 12.9. The lowest BCUT2D eigenvalue weighted by Crippen LogP contribution is -2.37. The summed E-state index contributed by atoms with van der Waals surface area (Å²) in [5.41, 5.74) is 0.378. The maximum absolute atomic E-state index is 13.9. The SMILES string of the molecule is CC(Sc1nncn1-c1ccccc1F)C(=O)NC1CCCC1. The lowest BCUT2D eigenvalue weighted by atomic mass is 10.2. The third-order valence-corrected chi connectivity index (χ3v) is 5.04.